The summed E-state index contributed by atoms with van der Waals surface area (Å²) >= 11 is 3.37. The van der Waals surface area contributed by atoms with Gasteiger partial charge in [-0.15, -0.1) is 0 Å². The number of halogens is 1. The summed E-state index contributed by atoms with van der Waals surface area (Å²) in [7, 11) is 4.71. The van der Waals surface area contributed by atoms with Crippen molar-refractivity contribution in [3.63, 3.8) is 0 Å². The van der Waals surface area contributed by atoms with Crippen LogP contribution in [0.5, 0.6) is 11.5 Å². The molecule has 1 N–H and O–H groups in total. The smallest absolute Gasteiger partial charge is 0.271 e. The number of nitro groups is 1. The predicted octanol–water partition coefficient (Wildman–Crippen LogP) is 2.60. The molecule has 0 saturated heterocycles. The second-order valence-corrected chi connectivity index (χ2v) is 6.97. The van der Waals surface area contributed by atoms with Gasteiger partial charge in [0.25, 0.3) is 17.5 Å². The Morgan fingerprint density at radius 1 is 1.27 bits per heavy atom. The number of nitrogens with one attached hydrogen (secondary N) is 1. The topological polar surface area (TPSA) is 123 Å². The Kier molecular flexibility index (Phi) is 7.87. The summed E-state index contributed by atoms with van der Waals surface area (Å²) < 4.78 is 11.4. The SMILES string of the molecule is COc1cc(C=NNC(=O)c2ccc([N+](=O)[O-])cc2)cc(Br)c1OCC(=O)N(C)C. The van der Waals surface area contributed by atoms with Crippen LogP contribution in [-0.2, 0) is 4.79 Å². The number of hydrogen-bond donors (Lipinski definition) is 1. The van der Waals surface area contributed by atoms with E-state index in [-0.39, 0.29) is 23.8 Å². The summed E-state index contributed by atoms with van der Waals surface area (Å²) in [4.78, 5) is 35.3. The number of likely N-dealkylation sites (N-methyl/N-ethyl adjacent to an activating group) is 1. The highest BCUT2D eigenvalue weighted by atomic mass is 79.9. The Balaban J connectivity index is 2.07. The lowest BCUT2D eigenvalue weighted by Crippen LogP contribution is -2.27. The van der Waals surface area contributed by atoms with E-state index < -0.39 is 10.8 Å². The van der Waals surface area contributed by atoms with Gasteiger partial charge in [-0.25, -0.2) is 5.43 Å². The normalized spacial score (nSPS) is 10.5. The maximum Gasteiger partial charge on any atom is 0.271 e. The van der Waals surface area contributed by atoms with Gasteiger partial charge < -0.3 is 14.4 Å². The number of nitro benzene ring substituents is 1. The van der Waals surface area contributed by atoms with Crippen LogP contribution in [0.25, 0.3) is 0 Å². The zero-order chi connectivity index (χ0) is 22.3. The number of carbonyl (C=O) groups excluding carboxylic acids is 2. The predicted molar refractivity (Wildman–Crippen MR) is 113 cm³/mol. The minimum atomic E-state index is -0.547. The lowest BCUT2D eigenvalue weighted by molar-refractivity contribution is -0.384. The highest BCUT2D eigenvalue weighted by molar-refractivity contribution is 9.10. The maximum absolute atomic E-state index is 12.1. The van der Waals surface area contributed by atoms with Gasteiger partial charge >= 0.3 is 0 Å². The van der Waals surface area contributed by atoms with Crippen LogP contribution in [0.3, 0.4) is 0 Å². The highest BCUT2D eigenvalue weighted by Gasteiger charge is 2.14. The molecule has 0 bridgehead atoms. The van der Waals surface area contributed by atoms with Crippen molar-refractivity contribution >= 4 is 39.6 Å². The summed E-state index contributed by atoms with van der Waals surface area (Å²) in [5.41, 5.74) is 3.05. The quantitative estimate of drug-likeness (QED) is 0.353. The third-order valence-electron chi connectivity index (χ3n) is 3.81. The molecule has 0 spiro atoms. The van der Waals surface area contributed by atoms with E-state index in [0.717, 1.165) is 0 Å². The molecule has 2 aromatic rings. The van der Waals surface area contributed by atoms with Crippen molar-refractivity contribution in [1.29, 1.82) is 0 Å². The van der Waals surface area contributed by atoms with Crippen molar-refractivity contribution in [2.24, 2.45) is 5.10 Å². The van der Waals surface area contributed by atoms with E-state index >= 15 is 0 Å². The van der Waals surface area contributed by atoms with Crippen LogP contribution in [0, 0.1) is 10.1 Å². The highest BCUT2D eigenvalue weighted by Crippen LogP contribution is 2.36. The zero-order valence-corrected chi connectivity index (χ0v) is 18.0. The van der Waals surface area contributed by atoms with Crippen molar-refractivity contribution in [2.75, 3.05) is 27.8 Å². The van der Waals surface area contributed by atoms with E-state index in [0.29, 0.717) is 21.5 Å². The monoisotopic (exact) mass is 478 g/mol. The number of non-ortho nitro benzene ring substituents is 1. The molecule has 2 aromatic carbocycles. The average Bonchev–Trinajstić information content (AvgIpc) is 2.72. The summed E-state index contributed by atoms with van der Waals surface area (Å²) in [6.07, 6.45) is 1.39. The fourth-order valence-electron chi connectivity index (χ4n) is 2.18. The molecular formula is C19H19BrN4O6. The van der Waals surface area contributed by atoms with Crippen LogP contribution in [0.1, 0.15) is 15.9 Å². The Labute approximate surface area is 180 Å². The molecule has 0 aliphatic rings. The average molecular weight is 479 g/mol. The standard InChI is InChI=1S/C19H19BrN4O6/c1-23(2)17(25)11-30-18-15(20)8-12(9-16(18)29-3)10-21-22-19(26)13-4-6-14(7-5-13)24(27)28/h4-10H,11H2,1-3H3,(H,22,26). The molecule has 0 radical (unpaired) electrons. The van der Waals surface area contributed by atoms with Crippen molar-refractivity contribution in [1.82, 2.24) is 10.3 Å². The minimum absolute atomic E-state index is 0.110. The summed E-state index contributed by atoms with van der Waals surface area (Å²) in [5.74, 6) is 0.0109. The second-order valence-electron chi connectivity index (χ2n) is 6.11. The van der Waals surface area contributed by atoms with Crippen molar-refractivity contribution in [2.45, 2.75) is 0 Å². The lowest BCUT2D eigenvalue weighted by atomic mass is 10.2. The maximum atomic E-state index is 12.1. The number of rotatable bonds is 8. The number of ether oxygens (including phenoxy) is 2. The minimum Gasteiger partial charge on any atom is -0.493 e. The van der Waals surface area contributed by atoms with Crippen LogP contribution >= 0.6 is 15.9 Å². The molecule has 158 valence electrons. The number of hydrazone groups is 1. The molecule has 0 fully saturated rings. The van der Waals surface area contributed by atoms with Gasteiger partial charge in [0.1, 0.15) is 0 Å². The first-order valence-electron chi connectivity index (χ1n) is 8.51. The van der Waals surface area contributed by atoms with Gasteiger partial charge in [0.2, 0.25) is 0 Å². The molecule has 2 amide bonds. The van der Waals surface area contributed by atoms with Crippen LogP contribution in [0.2, 0.25) is 0 Å². The molecule has 10 nitrogen and oxygen atoms in total. The van der Waals surface area contributed by atoms with Crippen molar-refractivity contribution in [3.8, 4) is 11.5 Å². The Morgan fingerprint density at radius 2 is 1.93 bits per heavy atom. The zero-order valence-electron chi connectivity index (χ0n) is 16.4. The summed E-state index contributed by atoms with van der Waals surface area (Å²) in [5, 5.41) is 14.5. The number of amides is 2. The lowest BCUT2D eigenvalue weighted by Gasteiger charge is -2.15. The van der Waals surface area contributed by atoms with Crippen LogP contribution in [-0.4, -0.2) is 55.7 Å². The molecule has 0 aliphatic carbocycles. The third-order valence-corrected chi connectivity index (χ3v) is 4.40. The van der Waals surface area contributed by atoms with Crippen molar-refractivity contribution in [3.05, 3.63) is 62.1 Å². The van der Waals surface area contributed by atoms with Gasteiger partial charge in [-0.05, 0) is 45.8 Å². The van der Waals surface area contributed by atoms with E-state index in [1.807, 2.05) is 0 Å². The second kappa shape index (κ2) is 10.3. The van der Waals surface area contributed by atoms with Crippen LogP contribution < -0.4 is 14.9 Å². The fourth-order valence-corrected chi connectivity index (χ4v) is 2.76. The molecule has 0 aliphatic heterocycles. The summed E-state index contributed by atoms with van der Waals surface area (Å²) in [6, 6.07) is 8.45. The molecule has 0 heterocycles. The Morgan fingerprint density at radius 3 is 2.50 bits per heavy atom. The first kappa shape index (κ1) is 22.8. The molecular weight excluding hydrogens is 460 g/mol. The Bertz CT molecular complexity index is 976. The molecule has 0 atom stereocenters. The molecule has 11 heteroatoms. The molecule has 0 saturated carbocycles. The molecule has 30 heavy (non-hydrogen) atoms. The Hall–Kier alpha value is -3.47. The molecule has 0 unspecified atom stereocenters. The van der Waals surface area contributed by atoms with Crippen LogP contribution in [0.4, 0.5) is 5.69 Å². The van der Waals surface area contributed by atoms with E-state index in [9.17, 15) is 19.7 Å². The van der Waals surface area contributed by atoms with Gasteiger partial charge in [0, 0.05) is 31.8 Å². The summed E-state index contributed by atoms with van der Waals surface area (Å²) in [6.45, 7) is -0.152. The fraction of sp³-hybridized carbons (Fsp3) is 0.211. The van der Waals surface area contributed by atoms with E-state index in [2.05, 4.69) is 26.5 Å². The van der Waals surface area contributed by atoms with Gasteiger partial charge in [-0.2, -0.15) is 5.10 Å². The molecule has 2 rings (SSSR count). The number of nitrogens with zero attached hydrogens (tertiary/aromatic N) is 3. The molecule has 0 aromatic heterocycles. The van der Waals surface area contributed by atoms with E-state index in [1.165, 1.54) is 42.5 Å². The van der Waals surface area contributed by atoms with Crippen LogP contribution in [0.15, 0.2) is 46.0 Å². The van der Waals surface area contributed by atoms with E-state index in [4.69, 9.17) is 9.47 Å². The number of hydrogen-bond acceptors (Lipinski definition) is 7. The number of carbonyl (C=O) groups is 2. The van der Waals surface area contributed by atoms with Gasteiger partial charge in [0.05, 0.1) is 22.7 Å². The van der Waals surface area contributed by atoms with E-state index in [1.54, 1.807) is 26.2 Å². The number of benzene rings is 2. The van der Waals surface area contributed by atoms with Gasteiger partial charge in [-0.1, -0.05) is 0 Å². The first-order chi connectivity index (χ1) is 14.2. The van der Waals surface area contributed by atoms with Gasteiger partial charge in [0.15, 0.2) is 18.1 Å². The largest absolute Gasteiger partial charge is 0.493 e. The van der Waals surface area contributed by atoms with Crippen molar-refractivity contribution < 1.29 is 24.0 Å². The number of methoxy groups -OCH3 is 1. The first-order valence-corrected chi connectivity index (χ1v) is 9.30. The van der Waals surface area contributed by atoms with Gasteiger partial charge in [-0.3, -0.25) is 19.7 Å². The third kappa shape index (κ3) is 6.01.